The Bertz CT molecular complexity index is 1060. The standard InChI is InChI=1S/C32H50N2O7/c1-9-38-21-26(28(35)39-10-2)22-15-24(19-31(5,6)17-22)33-13-14-34-25-16-23(18-32(7,8)20-25)27(29(36)40-11-3)30(37)41-12-4/h15-16,33-34H,9-14,17-21H2,1-8H3/b26-22-. The molecule has 2 aliphatic rings. The number of hydrogen-bond donors (Lipinski definition) is 2. The number of ether oxygens (including phenoxy) is 4. The number of nitrogens with one attached hydrogen (secondary N) is 2. The maximum absolute atomic E-state index is 12.7. The van der Waals surface area contributed by atoms with Gasteiger partial charge in [-0.15, -0.1) is 0 Å². The topological polar surface area (TPSA) is 112 Å². The minimum Gasteiger partial charge on any atom is -0.463 e. The Morgan fingerprint density at radius 2 is 1.10 bits per heavy atom. The Morgan fingerprint density at radius 3 is 1.56 bits per heavy atom. The van der Waals surface area contributed by atoms with Crippen molar-refractivity contribution in [2.45, 2.75) is 81.1 Å². The summed E-state index contributed by atoms with van der Waals surface area (Å²) in [6.07, 6.45) is 6.90. The van der Waals surface area contributed by atoms with Gasteiger partial charge < -0.3 is 29.6 Å². The highest BCUT2D eigenvalue weighted by atomic mass is 16.6. The van der Waals surface area contributed by atoms with Crippen molar-refractivity contribution in [1.82, 2.24) is 10.6 Å². The van der Waals surface area contributed by atoms with E-state index >= 15 is 0 Å². The molecule has 0 aromatic rings. The molecule has 2 N–H and O–H groups in total. The summed E-state index contributed by atoms with van der Waals surface area (Å²) in [5, 5.41) is 7.03. The molecular weight excluding hydrogens is 524 g/mol. The normalized spacial score (nSPS) is 18.9. The van der Waals surface area contributed by atoms with E-state index in [0.29, 0.717) is 43.9 Å². The molecule has 2 aliphatic carbocycles. The van der Waals surface area contributed by atoms with Crippen LogP contribution in [0, 0.1) is 10.8 Å². The van der Waals surface area contributed by atoms with Crippen molar-refractivity contribution in [2.24, 2.45) is 10.8 Å². The molecule has 0 amide bonds. The number of hydrogen-bond acceptors (Lipinski definition) is 9. The van der Waals surface area contributed by atoms with Crippen LogP contribution >= 0.6 is 0 Å². The first-order chi connectivity index (χ1) is 19.4. The van der Waals surface area contributed by atoms with Crippen LogP contribution in [-0.4, -0.2) is 64.0 Å². The molecule has 41 heavy (non-hydrogen) atoms. The van der Waals surface area contributed by atoms with Gasteiger partial charge in [-0.2, -0.15) is 0 Å². The molecule has 230 valence electrons. The van der Waals surface area contributed by atoms with E-state index in [0.717, 1.165) is 36.2 Å². The largest absolute Gasteiger partial charge is 0.463 e. The van der Waals surface area contributed by atoms with E-state index in [2.05, 4.69) is 44.4 Å². The van der Waals surface area contributed by atoms with Crippen molar-refractivity contribution in [3.8, 4) is 0 Å². The Labute approximate surface area is 245 Å². The van der Waals surface area contributed by atoms with Crippen LogP contribution in [0.5, 0.6) is 0 Å². The summed E-state index contributed by atoms with van der Waals surface area (Å²) in [4.78, 5) is 38.1. The molecule has 9 heteroatoms. The van der Waals surface area contributed by atoms with Crippen LogP contribution in [0.2, 0.25) is 0 Å². The van der Waals surface area contributed by atoms with Gasteiger partial charge >= 0.3 is 17.9 Å². The lowest BCUT2D eigenvalue weighted by Gasteiger charge is -2.33. The molecule has 0 fully saturated rings. The maximum Gasteiger partial charge on any atom is 0.345 e. The summed E-state index contributed by atoms with van der Waals surface area (Å²) in [5.74, 6) is -1.64. The zero-order valence-electron chi connectivity index (χ0n) is 26.3. The number of esters is 3. The first-order valence-corrected chi connectivity index (χ1v) is 14.8. The highest BCUT2D eigenvalue weighted by Gasteiger charge is 2.33. The van der Waals surface area contributed by atoms with E-state index in [1.54, 1.807) is 20.8 Å². The van der Waals surface area contributed by atoms with Gasteiger partial charge in [0, 0.05) is 31.1 Å². The molecule has 0 aromatic heterocycles. The third-order valence-corrected chi connectivity index (χ3v) is 6.84. The molecule has 0 radical (unpaired) electrons. The zero-order valence-corrected chi connectivity index (χ0v) is 26.3. The summed E-state index contributed by atoms with van der Waals surface area (Å²) in [6.45, 7) is 18.4. The minimum absolute atomic E-state index is 0.0303. The van der Waals surface area contributed by atoms with E-state index in [-0.39, 0.29) is 42.2 Å². The Hall–Kier alpha value is -3.07. The molecule has 0 saturated carbocycles. The molecule has 0 heterocycles. The highest BCUT2D eigenvalue weighted by molar-refractivity contribution is 6.15. The second-order valence-corrected chi connectivity index (χ2v) is 11.9. The predicted molar refractivity (Wildman–Crippen MR) is 159 cm³/mol. The lowest BCUT2D eigenvalue weighted by Crippen LogP contribution is -2.33. The van der Waals surface area contributed by atoms with Gasteiger partial charge in [0.05, 0.1) is 32.0 Å². The summed E-state index contributed by atoms with van der Waals surface area (Å²) >= 11 is 0. The van der Waals surface area contributed by atoms with Gasteiger partial charge in [0.1, 0.15) is 5.57 Å². The number of carbonyl (C=O) groups is 3. The van der Waals surface area contributed by atoms with Gasteiger partial charge in [-0.1, -0.05) is 27.7 Å². The van der Waals surface area contributed by atoms with E-state index in [4.69, 9.17) is 18.9 Å². The van der Waals surface area contributed by atoms with Crippen LogP contribution in [0.4, 0.5) is 0 Å². The van der Waals surface area contributed by atoms with Crippen LogP contribution in [0.3, 0.4) is 0 Å². The van der Waals surface area contributed by atoms with Gasteiger partial charge in [0.2, 0.25) is 0 Å². The fourth-order valence-electron chi connectivity index (χ4n) is 5.30. The molecule has 0 unspecified atom stereocenters. The van der Waals surface area contributed by atoms with E-state index in [9.17, 15) is 14.4 Å². The molecule has 0 aromatic carbocycles. The van der Waals surface area contributed by atoms with Gasteiger partial charge in [-0.25, -0.2) is 14.4 Å². The predicted octanol–water partition coefficient (Wildman–Crippen LogP) is 4.89. The van der Waals surface area contributed by atoms with Crippen LogP contribution in [0.1, 0.15) is 81.1 Å². The first-order valence-electron chi connectivity index (χ1n) is 14.8. The fourth-order valence-corrected chi connectivity index (χ4v) is 5.30. The zero-order chi connectivity index (χ0) is 30.6. The lowest BCUT2D eigenvalue weighted by molar-refractivity contribution is -0.146. The Kier molecular flexibility index (Phi) is 13.2. The summed E-state index contributed by atoms with van der Waals surface area (Å²) in [6, 6.07) is 0. The first kappa shape index (κ1) is 34.1. The SMILES string of the molecule is CCOC/C(C(=O)OCC)=C1\C=C(NCCNC2=CC(=C(C(=O)OCC)C(=O)OCC)CC(C)(C)C2)CC(C)(C)C1. The van der Waals surface area contributed by atoms with Gasteiger partial charge in [0.25, 0.3) is 0 Å². The molecule has 0 aliphatic heterocycles. The average Bonchev–Trinajstić information content (AvgIpc) is 2.86. The summed E-state index contributed by atoms with van der Waals surface area (Å²) in [7, 11) is 0. The second kappa shape index (κ2) is 15.8. The van der Waals surface area contributed by atoms with Crippen molar-refractivity contribution < 1.29 is 33.3 Å². The second-order valence-electron chi connectivity index (χ2n) is 11.9. The third-order valence-electron chi connectivity index (χ3n) is 6.84. The van der Waals surface area contributed by atoms with Crippen molar-refractivity contribution in [3.05, 3.63) is 45.8 Å². The fraction of sp³-hybridized carbons (Fsp3) is 0.656. The van der Waals surface area contributed by atoms with E-state index < -0.39 is 11.9 Å². The average molecular weight is 575 g/mol. The van der Waals surface area contributed by atoms with Crippen molar-refractivity contribution in [2.75, 3.05) is 46.1 Å². The van der Waals surface area contributed by atoms with Crippen molar-refractivity contribution >= 4 is 17.9 Å². The van der Waals surface area contributed by atoms with E-state index in [1.807, 2.05) is 13.0 Å². The van der Waals surface area contributed by atoms with Gasteiger partial charge in [-0.3, -0.25) is 0 Å². The quantitative estimate of drug-likeness (QED) is 0.0748. The molecule has 0 spiro atoms. The lowest BCUT2D eigenvalue weighted by atomic mass is 9.75. The number of rotatable bonds is 14. The summed E-state index contributed by atoms with van der Waals surface area (Å²) in [5.41, 5.74) is 3.93. The monoisotopic (exact) mass is 574 g/mol. The van der Waals surface area contributed by atoms with Crippen LogP contribution in [0.25, 0.3) is 0 Å². The van der Waals surface area contributed by atoms with Crippen LogP contribution in [-0.2, 0) is 33.3 Å². The van der Waals surface area contributed by atoms with Gasteiger partial charge in [-0.05, 0) is 87.5 Å². The third kappa shape index (κ3) is 10.7. The number of allylic oxidation sites excluding steroid dienone is 6. The van der Waals surface area contributed by atoms with E-state index in [1.165, 1.54) is 0 Å². The van der Waals surface area contributed by atoms with Gasteiger partial charge in [0.15, 0.2) is 0 Å². The molecule has 9 nitrogen and oxygen atoms in total. The van der Waals surface area contributed by atoms with Crippen LogP contribution in [0.15, 0.2) is 45.8 Å². The van der Waals surface area contributed by atoms with Crippen molar-refractivity contribution in [1.29, 1.82) is 0 Å². The molecular formula is C32H50N2O7. The van der Waals surface area contributed by atoms with Crippen LogP contribution < -0.4 is 10.6 Å². The highest BCUT2D eigenvalue weighted by Crippen LogP contribution is 2.39. The van der Waals surface area contributed by atoms with Crippen molar-refractivity contribution in [3.63, 3.8) is 0 Å². The summed E-state index contributed by atoms with van der Waals surface area (Å²) < 4.78 is 21.3. The number of carbonyl (C=O) groups excluding carboxylic acids is 3. The Morgan fingerprint density at radius 1 is 0.659 bits per heavy atom. The Balaban J connectivity index is 2.22. The molecule has 0 atom stereocenters. The molecule has 0 bridgehead atoms. The smallest absolute Gasteiger partial charge is 0.345 e. The minimum atomic E-state index is -0.654. The maximum atomic E-state index is 12.7. The molecule has 0 saturated heterocycles. The molecule has 2 rings (SSSR count).